The van der Waals surface area contributed by atoms with E-state index in [0.29, 0.717) is 6.04 Å². The van der Waals surface area contributed by atoms with Gasteiger partial charge in [-0.2, -0.15) is 0 Å². The van der Waals surface area contributed by atoms with Gasteiger partial charge in [0.1, 0.15) is 0 Å². The van der Waals surface area contributed by atoms with E-state index in [1.54, 1.807) is 0 Å². The number of nitrogens with zero attached hydrogens (tertiary/aromatic N) is 1. The van der Waals surface area contributed by atoms with Crippen LogP contribution in [0, 0.1) is 13.8 Å². The molecule has 0 aromatic heterocycles. The summed E-state index contributed by atoms with van der Waals surface area (Å²) in [5, 5.41) is 0. The normalized spacial score (nSPS) is 23.7. The van der Waals surface area contributed by atoms with E-state index < -0.39 is 5.72 Å². The maximum atomic E-state index is 6.57. The summed E-state index contributed by atoms with van der Waals surface area (Å²) in [5.74, 6) is 0. The van der Waals surface area contributed by atoms with Crippen molar-refractivity contribution >= 4 is 0 Å². The van der Waals surface area contributed by atoms with Crippen LogP contribution >= 0.6 is 0 Å². The second-order valence-corrected chi connectivity index (χ2v) is 7.03. The van der Waals surface area contributed by atoms with Crippen molar-refractivity contribution in [3.05, 3.63) is 70.8 Å². The molecule has 2 nitrogen and oxygen atoms in total. The van der Waals surface area contributed by atoms with E-state index in [9.17, 15) is 0 Å². The third-order valence-corrected chi connectivity index (χ3v) is 5.40. The summed E-state index contributed by atoms with van der Waals surface area (Å²) in [6.45, 7) is 6.23. The molecule has 23 heavy (non-hydrogen) atoms. The van der Waals surface area contributed by atoms with Gasteiger partial charge in [0.15, 0.2) is 5.72 Å². The van der Waals surface area contributed by atoms with Gasteiger partial charge in [0.25, 0.3) is 0 Å². The highest BCUT2D eigenvalue weighted by Gasteiger charge is 2.50. The van der Waals surface area contributed by atoms with Crippen LogP contribution in [-0.2, 0) is 10.5 Å². The topological polar surface area (TPSA) is 12.5 Å². The molecule has 0 amide bonds. The Morgan fingerprint density at radius 1 is 0.870 bits per heavy atom. The largest absolute Gasteiger partial charge is 0.350 e. The van der Waals surface area contributed by atoms with Crippen LogP contribution in [0.3, 0.4) is 0 Å². The lowest BCUT2D eigenvalue weighted by Gasteiger charge is -2.42. The molecule has 0 radical (unpaired) electrons. The van der Waals surface area contributed by atoms with Crippen molar-refractivity contribution < 1.29 is 4.74 Å². The van der Waals surface area contributed by atoms with Gasteiger partial charge < -0.3 is 4.74 Å². The fraction of sp³-hybridized carbons (Fsp3) is 0.429. The number of piperidine rings is 1. The van der Waals surface area contributed by atoms with Crippen LogP contribution in [0.15, 0.2) is 48.5 Å². The summed E-state index contributed by atoms with van der Waals surface area (Å²) >= 11 is 0. The van der Waals surface area contributed by atoms with Gasteiger partial charge in [-0.25, -0.2) is 0 Å². The first-order valence-corrected chi connectivity index (χ1v) is 8.75. The lowest BCUT2D eigenvalue weighted by Crippen LogP contribution is -2.48. The van der Waals surface area contributed by atoms with Crippen molar-refractivity contribution in [2.24, 2.45) is 0 Å². The lowest BCUT2D eigenvalue weighted by molar-refractivity contribution is -0.0604. The fourth-order valence-corrected chi connectivity index (χ4v) is 4.11. The summed E-state index contributed by atoms with van der Waals surface area (Å²) in [5.41, 5.74) is 4.70. The number of benzene rings is 2. The number of hydrogen-bond donors (Lipinski definition) is 0. The van der Waals surface area contributed by atoms with Crippen LogP contribution in [-0.4, -0.2) is 24.1 Å². The minimum Gasteiger partial charge on any atom is -0.350 e. The molecule has 2 fully saturated rings. The highest BCUT2D eigenvalue weighted by molar-refractivity contribution is 5.39. The molecule has 0 N–H and O–H groups in total. The molecule has 2 aromatic rings. The minimum atomic E-state index is -0.410. The monoisotopic (exact) mass is 307 g/mol. The van der Waals surface area contributed by atoms with E-state index >= 15 is 0 Å². The molecule has 120 valence electrons. The van der Waals surface area contributed by atoms with E-state index in [4.69, 9.17) is 4.74 Å². The lowest BCUT2D eigenvalue weighted by atomic mass is 9.89. The van der Waals surface area contributed by atoms with Crippen molar-refractivity contribution in [3.8, 4) is 0 Å². The average molecular weight is 307 g/mol. The van der Waals surface area contributed by atoms with E-state index in [0.717, 1.165) is 13.2 Å². The molecule has 1 unspecified atom stereocenters. The molecule has 2 aliphatic rings. The van der Waals surface area contributed by atoms with Gasteiger partial charge in [-0.1, -0.05) is 66.1 Å². The van der Waals surface area contributed by atoms with Gasteiger partial charge in [-0.3, -0.25) is 4.90 Å². The number of aryl methyl sites for hydroxylation is 2. The average Bonchev–Trinajstić information content (AvgIpc) is 2.97. The molecule has 0 spiro atoms. The summed E-state index contributed by atoms with van der Waals surface area (Å²) in [6, 6.07) is 18.3. The second-order valence-electron chi connectivity index (χ2n) is 7.03. The van der Waals surface area contributed by atoms with Gasteiger partial charge in [-0.05, 0) is 26.7 Å². The first-order chi connectivity index (χ1) is 11.2. The van der Waals surface area contributed by atoms with Crippen molar-refractivity contribution in [2.45, 2.75) is 44.9 Å². The van der Waals surface area contributed by atoms with Gasteiger partial charge in [-0.15, -0.1) is 0 Å². The van der Waals surface area contributed by atoms with Crippen molar-refractivity contribution in [3.63, 3.8) is 0 Å². The minimum absolute atomic E-state index is 0.410. The molecule has 0 bridgehead atoms. The highest BCUT2D eigenvalue weighted by atomic mass is 16.5. The van der Waals surface area contributed by atoms with Crippen molar-refractivity contribution in [2.75, 3.05) is 13.2 Å². The SMILES string of the molecule is Cc1ccc(C2(c3ccc(C)cc3)OCC3CCCCN32)cc1. The molecule has 2 aromatic carbocycles. The smallest absolute Gasteiger partial charge is 0.174 e. The van der Waals surface area contributed by atoms with Crippen LogP contribution in [0.25, 0.3) is 0 Å². The van der Waals surface area contributed by atoms with E-state index in [1.807, 2.05) is 0 Å². The predicted octanol–water partition coefficient (Wildman–Crippen LogP) is 4.39. The van der Waals surface area contributed by atoms with Gasteiger partial charge in [0, 0.05) is 23.7 Å². The molecule has 0 saturated carbocycles. The van der Waals surface area contributed by atoms with Crippen molar-refractivity contribution in [1.29, 1.82) is 0 Å². The zero-order valence-corrected chi connectivity index (χ0v) is 14.1. The summed E-state index contributed by atoms with van der Waals surface area (Å²) in [6.07, 6.45) is 3.83. The standard InChI is InChI=1S/C21H25NO/c1-16-6-10-18(11-7-16)21(19-12-8-17(2)9-13-19)22-14-4-3-5-20(22)15-23-21/h6-13,20H,3-5,14-15H2,1-2H3. The second kappa shape index (κ2) is 5.77. The summed E-state index contributed by atoms with van der Waals surface area (Å²) in [4.78, 5) is 2.60. The Morgan fingerprint density at radius 2 is 1.43 bits per heavy atom. The summed E-state index contributed by atoms with van der Waals surface area (Å²) < 4.78 is 6.57. The molecule has 2 heterocycles. The first-order valence-electron chi connectivity index (χ1n) is 8.75. The summed E-state index contributed by atoms with van der Waals surface area (Å²) in [7, 11) is 0. The van der Waals surface area contributed by atoms with Gasteiger partial charge in [0.05, 0.1) is 6.61 Å². The third-order valence-electron chi connectivity index (χ3n) is 5.40. The Labute approximate surface area is 139 Å². The highest BCUT2D eigenvalue weighted by Crippen LogP contribution is 2.45. The first kappa shape index (κ1) is 14.9. The quantitative estimate of drug-likeness (QED) is 0.816. The van der Waals surface area contributed by atoms with E-state index in [2.05, 4.69) is 67.3 Å². The van der Waals surface area contributed by atoms with E-state index in [-0.39, 0.29) is 0 Å². The van der Waals surface area contributed by atoms with Crippen LogP contribution in [0.4, 0.5) is 0 Å². The fourth-order valence-electron chi connectivity index (χ4n) is 4.11. The van der Waals surface area contributed by atoms with E-state index in [1.165, 1.54) is 41.5 Å². The van der Waals surface area contributed by atoms with Gasteiger partial charge in [0.2, 0.25) is 0 Å². The molecule has 1 atom stereocenters. The number of fused-ring (bicyclic) bond motifs is 1. The van der Waals surface area contributed by atoms with Crippen LogP contribution in [0.2, 0.25) is 0 Å². The maximum Gasteiger partial charge on any atom is 0.174 e. The van der Waals surface area contributed by atoms with Gasteiger partial charge >= 0.3 is 0 Å². The molecular weight excluding hydrogens is 282 g/mol. The van der Waals surface area contributed by atoms with Crippen LogP contribution in [0.5, 0.6) is 0 Å². The Hall–Kier alpha value is -1.64. The Morgan fingerprint density at radius 3 is 2.00 bits per heavy atom. The maximum absolute atomic E-state index is 6.57. The Balaban J connectivity index is 1.86. The molecule has 2 heteroatoms. The van der Waals surface area contributed by atoms with Crippen LogP contribution in [0.1, 0.15) is 41.5 Å². The predicted molar refractivity (Wildman–Crippen MR) is 93.4 cm³/mol. The molecule has 2 saturated heterocycles. The number of hydrogen-bond acceptors (Lipinski definition) is 2. The number of ether oxygens (including phenoxy) is 1. The Bertz CT molecular complexity index is 628. The third kappa shape index (κ3) is 2.41. The molecular formula is C21H25NO. The molecule has 2 aliphatic heterocycles. The van der Waals surface area contributed by atoms with Crippen molar-refractivity contribution in [1.82, 2.24) is 4.90 Å². The number of rotatable bonds is 2. The zero-order valence-electron chi connectivity index (χ0n) is 14.1. The Kier molecular flexibility index (Phi) is 3.74. The van der Waals surface area contributed by atoms with Crippen LogP contribution < -0.4 is 0 Å². The zero-order chi connectivity index (χ0) is 15.9. The molecule has 4 rings (SSSR count). The molecule has 0 aliphatic carbocycles.